The summed E-state index contributed by atoms with van der Waals surface area (Å²) in [5.41, 5.74) is -0.729. The second-order valence-corrected chi connectivity index (χ2v) is 4.43. The van der Waals surface area contributed by atoms with Gasteiger partial charge in [-0.2, -0.15) is 13.2 Å². The Labute approximate surface area is 96.8 Å². The molecule has 0 spiro atoms. The lowest BCUT2D eigenvalue weighted by Crippen LogP contribution is -2.23. The minimum Gasteiger partial charge on any atom is -0.307 e. The van der Waals surface area contributed by atoms with Gasteiger partial charge in [0.2, 0.25) is 0 Å². The highest BCUT2D eigenvalue weighted by Crippen LogP contribution is 2.38. The van der Waals surface area contributed by atoms with Crippen molar-refractivity contribution in [1.29, 1.82) is 0 Å². The molecule has 0 radical (unpaired) electrons. The zero-order chi connectivity index (χ0) is 12.6. The van der Waals surface area contributed by atoms with Crippen LogP contribution in [0.5, 0.6) is 0 Å². The summed E-state index contributed by atoms with van der Waals surface area (Å²) in [6, 6.07) is 2.75. The molecule has 2 rings (SSSR count). The fourth-order valence-electron chi connectivity index (χ4n) is 2.25. The molecule has 1 aliphatic heterocycles. The molecule has 1 fully saturated rings. The standard InChI is InChI=1S/C12H13F4N/c1-7-2-5-11(17-7)9-4-3-8(13)6-10(9)12(14,15)16/h3-4,6-7,11,17H,2,5H2,1H3/t7-,11?/m1/s1. The fraction of sp³-hybridized carbons (Fsp3) is 0.500. The highest BCUT2D eigenvalue weighted by Gasteiger charge is 2.36. The molecule has 17 heavy (non-hydrogen) atoms. The van der Waals surface area contributed by atoms with Crippen LogP contribution in [0.3, 0.4) is 0 Å². The van der Waals surface area contributed by atoms with E-state index in [1.54, 1.807) is 0 Å². The van der Waals surface area contributed by atoms with Crippen molar-refractivity contribution in [2.75, 3.05) is 0 Å². The lowest BCUT2D eigenvalue weighted by molar-refractivity contribution is -0.138. The van der Waals surface area contributed by atoms with E-state index in [4.69, 9.17) is 0 Å². The van der Waals surface area contributed by atoms with Gasteiger partial charge >= 0.3 is 6.18 Å². The molecule has 1 unspecified atom stereocenters. The molecule has 2 atom stereocenters. The number of halogens is 4. The average molecular weight is 247 g/mol. The van der Waals surface area contributed by atoms with Crippen LogP contribution in [0.2, 0.25) is 0 Å². The SMILES string of the molecule is C[C@@H]1CCC(c2ccc(F)cc2C(F)(F)F)N1. The molecule has 1 aromatic carbocycles. The van der Waals surface area contributed by atoms with Crippen LogP contribution in [0.4, 0.5) is 17.6 Å². The second-order valence-electron chi connectivity index (χ2n) is 4.43. The Morgan fingerprint density at radius 1 is 1.24 bits per heavy atom. The Morgan fingerprint density at radius 3 is 2.47 bits per heavy atom. The maximum Gasteiger partial charge on any atom is 0.416 e. The zero-order valence-electron chi connectivity index (χ0n) is 9.31. The van der Waals surface area contributed by atoms with Crippen LogP contribution in [0.25, 0.3) is 0 Å². The van der Waals surface area contributed by atoms with Gasteiger partial charge in [0, 0.05) is 12.1 Å². The number of nitrogens with one attached hydrogen (secondary N) is 1. The smallest absolute Gasteiger partial charge is 0.307 e. The first-order valence-electron chi connectivity index (χ1n) is 5.50. The van der Waals surface area contributed by atoms with E-state index >= 15 is 0 Å². The molecular weight excluding hydrogens is 234 g/mol. The van der Waals surface area contributed by atoms with Gasteiger partial charge in [-0.1, -0.05) is 6.07 Å². The van der Waals surface area contributed by atoms with Gasteiger partial charge in [0.1, 0.15) is 5.82 Å². The third-order valence-electron chi connectivity index (χ3n) is 3.07. The predicted molar refractivity (Wildman–Crippen MR) is 56.0 cm³/mol. The van der Waals surface area contributed by atoms with E-state index in [9.17, 15) is 17.6 Å². The summed E-state index contributed by atoms with van der Waals surface area (Å²) in [6.07, 6.45) is -3.03. The van der Waals surface area contributed by atoms with Gasteiger partial charge in [0.15, 0.2) is 0 Å². The van der Waals surface area contributed by atoms with Crippen LogP contribution in [0.15, 0.2) is 18.2 Å². The third kappa shape index (κ3) is 2.60. The number of benzene rings is 1. The van der Waals surface area contributed by atoms with Gasteiger partial charge in [-0.15, -0.1) is 0 Å². The molecule has 0 saturated carbocycles. The topological polar surface area (TPSA) is 12.0 Å². The Kier molecular flexibility index (Phi) is 3.12. The van der Waals surface area contributed by atoms with Gasteiger partial charge in [-0.25, -0.2) is 4.39 Å². The second kappa shape index (κ2) is 4.29. The van der Waals surface area contributed by atoms with Crippen LogP contribution >= 0.6 is 0 Å². The minimum absolute atomic E-state index is 0.142. The summed E-state index contributed by atoms with van der Waals surface area (Å²) in [6.45, 7) is 1.93. The lowest BCUT2D eigenvalue weighted by Gasteiger charge is -2.18. The van der Waals surface area contributed by atoms with Crippen LogP contribution in [0.1, 0.15) is 36.9 Å². The summed E-state index contributed by atoms with van der Waals surface area (Å²) < 4.78 is 51.3. The van der Waals surface area contributed by atoms with Gasteiger partial charge in [-0.3, -0.25) is 0 Å². The molecule has 94 valence electrons. The molecular formula is C12H13F4N. The molecule has 0 aromatic heterocycles. The number of hydrogen-bond donors (Lipinski definition) is 1. The van der Waals surface area contributed by atoms with Gasteiger partial charge in [0.05, 0.1) is 5.56 Å². The third-order valence-corrected chi connectivity index (χ3v) is 3.07. The summed E-state index contributed by atoms with van der Waals surface area (Å²) in [5, 5.41) is 3.08. The van der Waals surface area contributed by atoms with Crippen molar-refractivity contribution in [3.05, 3.63) is 35.1 Å². The number of alkyl halides is 3. The van der Waals surface area contributed by atoms with E-state index in [1.165, 1.54) is 6.07 Å². The summed E-state index contributed by atoms with van der Waals surface area (Å²) in [4.78, 5) is 0. The van der Waals surface area contributed by atoms with Crippen LogP contribution < -0.4 is 5.32 Å². The quantitative estimate of drug-likeness (QED) is 0.747. The molecule has 1 aliphatic rings. The Hall–Kier alpha value is -1.10. The van der Waals surface area contributed by atoms with E-state index in [2.05, 4.69) is 5.32 Å². The van der Waals surface area contributed by atoms with Crippen molar-refractivity contribution in [3.8, 4) is 0 Å². The van der Waals surface area contributed by atoms with Gasteiger partial charge < -0.3 is 5.32 Å². The molecule has 5 heteroatoms. The van der Waals surface area contributed by atoms with Crippen LogP contribution in [-0.4, -0.2) is 6.04 Å². The summed E-state index contributed by atoms with van der Waals surface area (Å²) >= 11 is 0. The highest BCUT2D eigenvalue weighted by atomic mass is 19.4. The van der Waals surface area contributed by atoms with E-state index in [0.29, 0.717) is 12.5 Å². The van der Waals surface area contributed by atoms with Crippen molar-refractivity contribution in [1.82, 2.24) is 5.32 Å². The van der Waals surface area contributed by atoms with Crippen LogP contribution in [0, 0.1) is 5.82 Å². The average Bonchev–Trinajstić information content (AvgIpc) is 2.63. The maximum absolute atomic E-state index is 12.9. The van der Waals surface area contributed by atoms with Crippen molar-refractivity contribution < 1.29 is 17.6 Å². The number of rotatable bonds is 1. The van der Waals surface area contributed by atoms with Crippen molar-refractivity contribution >= 4 is 0 Å². The number of hydrogen-bond acceptors (Lipinski definition) is 1. The predicted octanol–water partition coefficient (Wildman–Crippen LogP) is 3.66. The highest BCUT2D eigenvalue weighted by molar-refractivity contribution is 5.33. The Morgan fingerprint density at radius 2 is 1.94 bits per heavy atom. The Balaban J connectivity index is 2.39. The summed E-state index contributed by atoms with van der Waals surface area (Å²) in [7, 11) is 0. The zero-order valence-corrected chi connectivity index (χ0v) is 9.31. The first-order valence-corrected chi connectivity index (χ1v) is 5.50. The monoisotopic (exact) mass is 247 g/mol. The fourth-order valence-corrected chi connectivity index (χ4v) is 2.25. The van der Waals surface area contributed by atoms with E-state index < -0.39 is 17.6 Å². The van der Waals surface area contributed by atoms with E-state index in [1.807, 2.05) is 6.92 Å². The minimum atomic E-state index is -4.51. The molecule has 1 aromatic rings. The lowest BCUT2D eigenvalue weighted by atomic mass is 9.98. The molecule has 1 nitrogen and oxygen atoms in total. The van der Waals surface area contributed by atoms with E-state index in [0.717, 1.165) is 12.5 Å². The van der Waals surface area contributed by atoms with Crippen molar-refractivity contribution in [2.45, 2.75) is 38.0 Å². The molecule has 1 saturated heterocycles. The van der Waals surface area contributed by atoms with Crippen LogP contribution in [-0.2, 0) is 6.18 Å². The molecule has 1 N–H and O–H groups in total. The summed E-state index contributed by atoms with van der Waals surface area (Å²) in [5.74, 6) is -0.855. The molecule has 0 aliphatic carbocycles. The Bertz CT molecular complexity index is 413. The van der Waals surface area contributed by atoms with Gasteiger partial charge in [-0.05, 0) is 37.5 Å². The largest absolute Gasteiger partial charge is 0.416 e. The van der Waals surface area contributed by atoms with Crippen molar-refractivity contribution in [2.24, 2.45) is 0 Å². The molecule has 0 amide bonds. The van der Waals surface area contributed by atoms with Crippen molar-refractivity contribution in [3.63, 3.8) is 0 Å². The molecule has 0 bridgehead atoms. The normalized spacial score (nSPS) is 25.2. The first kappa shape index (κ1) is 12.4. The van der Waals surface area contributed by atoms with E-state index in [-0.39, 0.29) is 17.6 Å². The first-order chi connectivity index (χ1) is 7.88. The molecule has 1 heterocycles. The maximum atomic E-state index is 12.9. The van der Waals surface area contributed by atoms with Gasteiger partial charge in [0.25, 0.3) is 0 Å².